The minimum absolute atomic E-state index is 0.377. The molecule has 0 radical (unpaired) electrons. The van der Waals surface area contributed by atoms with Crippen LogP contribution in [0, 0.1) is 5.41 Å². The van der Waals surface area contributed by atoms with Crippen molar-refractivity contribution in [2.45, 2.75) is 31.7 Å². The lowest BCUT2D eigenvalue weighted by atomic mass is 9.60. The van der Waals surface area contributed by atoms with E-state index in [2.05, 4.69) is 32.2 Å². The fourth-order valence-electron chi connectivity index (χ4n) is 5.35. The molecule has 7 nitrogen and oxygen atoms in total. The lowest BCUT2D eigenvalue weighted by molar-refractivity contribution is -0.0224. The Labute approximate surface area is 170 Å². The van der Waals surface area contributed by atoms with Crippen LogP contribution in [0.1, 0.15) is 25.7 Å². The summed E-state index contributed by atoms with van der Waals surface area (Å²) < 4.78 is 1.45. The Bertz CT molecular complexity index is 958. The van der Waals surface area contributed by atoms with Gasteiger partial charge in [0.05, 0.1) is 5.69 Å². The molecule has 0 unspecified atom stereocenters. The molecular weight excluding hydrogens is 366 g/mol. The van der Waals surface area contributed by atoms with Crippen LogP contribution in [0.3, 0.4) is 0 Å². The molecule has 0 bridgehead atoms. The molecule has 7 heteroatoms. The first-order valence-electron chi connectivity index (χ1n) is 10.7. The van der Waals surface area contributed by atoms with Crippen LogP contribution in [-0.4, -0.2) is 59.8 Å². The van der Waals surface area contributed by atoms with Gasteiger partial charge in [-0.1, -0.05) is 0 Å². The molecule has 2 saturated heterocycles. The molecule has 2 aliphatic heterocycles. The zero-order valence-electron chi connectivity index (χ0n) is 16.8. The second-order valence-corrected chi connectivity index (χ2v) is 8.83. The second kappa shape index (κ2) is 7.46. The van der Waals surface area contributed by atoms with E-state index in [0.717, 1.165) is 37.9 Å². The maximum Gasteiger partial charge on any atom is 0.332 e. The molecule has 0 amide bonds. The number of aromatic amines is 1. The minimum atomic E-state index is -0.411. The molecule has 5 rings (SSSR count). The number of nitrogens with one attached hydrogen (secondary N) is 2. The number of anilines is 1. The highest BCUT2D eigenvalue weighted by molar-refractivity contribution is 5.51. The normalized spacial score (nSPS) is 22.6. The van der Waals surface area contributed by atoms with Crippen molar-refractivity contribution in [2.75, 3.05) is 44.2 Å². The first-order chi connectivity index (χ1) is 14.1. The molecule has 2 aromatic rings. The van der Waals surface area contributed by atoms with E-state index in [1.54, 1.807) is 0 Å². The van der Waals surface area contributed by atoms with Crippen LogP contribution in [0.2, 0.25) is 0 Å². The fraction of sp³-hybridized carbons (Fsp3) is 0.545. The van der Waals surface area contributed by atoms with Gasteiger partial charge in [-0.3, -0.25) is 19.2 Å². The third kappa shape index (κ3) is 3.65. The van der Waals surface area contributed by atoms with Crippen molar-refractivity contribution < 1.29 is 0 Å². The Morgan fingerprint density at radius 2 is 1.52 bits per heavy atom. The number of nitrogens with zero attached hydrogens (tertiary/aromatic N) is 3. The van der Waals surface area contributed by atoms with Gasteiger partial charge in [0, 0.05) is 50.2 Å². The summed E-state index contributed by atoms with van der Waals surface area (Å²) in [5, 5.41) is 3.49. The number of piperazine rings is 1. The van der Waals surface area contributed by atoms with Gasteiger partial charge in [0.2, 0.25) is 0 Å². The van der Waals surface area contributed by atoms with Crippen LogP contribution < -0.4 is 21.5 Å². The van der Waals surface area contributed by atoms with Gasteiger partial charge in [-0.15, -0.1) is 0 Å². The summed E-state index contributed by atoms with van der Waals surface area (Å²) in [5.74, 6) is 0. The van der Waals surface area contributed by atoms with Crippen molar-refractivity contribution in [2.24, 2.45) is 5.41 Å². The number of hydrogen-bond donors (Lipinski definition) is 2. The van der Waals surface area contributed by atoms with Crippen molar-refractivity contribution >= 4 is 5.69 Å². The Hall–Kier alpha value is -2.38. The standard InChI is InChI=1S/C22H29N5O2/c28-20-5-10-27(21(29)24-20)18-3-1-17(2-4-18)25-11-13-26(14-12-25)19-15-22(16-19)6-8-23-9-7-22/h1-5,10,19,23H,6-9,11-16H2,(H,24,28,29). The number of rotatable bonds is 3. The number of hydrogen-bond acceptors (Lipinski definition) is 5. The highest BCUT2D eigenvalue weighted by Crippen LogP contribution is 2.50. The highest BCUT2D eigenvalue weighted by Gasteiger charge is 2.46. The van der Waals surface area contributed by atoms with Crippen LogP contribution in [0.4, 0.5) is 5.69 Å². The van der Waals surface area contributed by atoms with Crippen molar-refractivity contribution in [3.05, 3.63) is 57.4 Å². The number of H-pyrrole nitrogens is 1. The summed E-state index contributed by atoms with van der Waals surface area (Å²) in [7, 11) is 0. The molecule has 0 atom stereocenters. The molecule has 1 saturated carbocycles. The molecule has 29 heavy (non-hydrogen) atoms. The lowest BCUT2D eigenvalue weighted by Crippen LogP contribution is -2.58. The molecule has 3 heterocycles. The third-order valence-electron chi connectivity index (χ3n) is 7.15. The second-order valence-electron chi connectivity index (χ2n) is 8.83. The van der Waals surface area contributed by atoms with E-state index in [1.165, 1.54) is 61.3 Å². The zero-order valence-corrected chi connectivity index (χ0v) is 16.8. The SMILES string of the molecule is O=c1ccn(-c2ccc(N3CCN(C4CC5(CCNCC5)C4)CC3)cc2)c(=O)[nH]1. The molecule has 1 spiro atoms. The van der Waals surface area contributed by atoms with Crippen LogP contribution in [0.5, 0.6) is 0 Å². The largest absolute Gasteiger partial charge is 0.369 e. The summed E-state index contributed by atoms with van der Waals surface area (Å²) in [6.45, 7) is 6.73. The average Bonchev–Trinajstić information content (AvgIpc) is 2.73. The highest BCUT2D eigenvalue weighted by atomic mass is 16.2. The Balaban J connectivity index is 1.18. The fourth-order valence-corrected chi connectivity index (χ4v) is 5.35. The average molecular weight is 396 g/mol. The lowest BCUT2D eigenvalue weighted by Gasteiger charge is -2.55. The zero-order chi connectivity index (χ0) is 19.8. The molecule has 2 N–H and O–H groups in total. The van der Waals surface area contributed by atoms with Crippen LogP contribution in [0.25, 0.3) is 5.69 Å². The quantitative estimate of drug-likeness (QED) is 0.817. The number of aromatic nitrogens is 2. The summed E-state index contributed by atoms with van der Waals surface area (Å²) in [4.78, 5) is 30.6. The molecule has 1 aliphatic carbocycles. The molecular formula is C22H29N5O2. The van der Waals surface area contributed by atoms with Crippen molar-refractivity contribution in [1.82, 2.24) is 19.8 Å². The van der Waals surface area contributed by atoms with Gasteiger partial charge >= 0.3 is 5.69 Å². The van der Waals surface area contributed by atoms with Crippen molar-refractivity contribution in [3.8, 4) is 5.69 Å². The molecule has 1 aromatic heterocycles. The number of piperidine rings is 1. The van der Waals surface area contributed by atoms with E-state index < -0.39 is 5.69 Å². The molecule has 1 aromatic carbocycles. The van der Waals surface area contributed by atoms with E-state index in [1.807, 2.05) is 12.1 Å². The van der Waals surface area contributed by atoms with Gasteiger partial charge in [0.25, 0.3) is 5.56 Å². The summed E-state index contributed by atoms with van der Waals surface area (Å²) in [6, 6.07) is 10.2. The van der Waals surface area contributed by atoms with Gasteiger partial charge in [0.15, 0.2) is 0 Å². The number of benzene rings is 1. The summed E-state index contributed by atoms with van der Waals surface area (Å²) in [6.07, 6.45) is 7.00. The van der Waals surface area contributed by atoms with Crippen LogP contribution in [0.15, 0.2) is 46.1 Å². The Morgan fingerprint density at radius 1 is 0.862 bits per heavy atom. The van der Waals surface area contributed by atoms with E-state index >= 15 is 0 Å². The Morgan fingerprint density at radius 3 is 2.17 bits per heavy atom. The van der Waals surface area contributed by atoms with E-state index in [-0.39, 0.29) is 5.56 Å². The maximum absolute atomic E-state index is 12.0. The monoisotopic (exact) mass is 395 g/mol. The summed E-state index contributed by atoms with van der Waals surface area (Å²) >= 11 is 0. The Kier molecular flexibility index (Phi) is 4.80. The van der Waals surface area contributed by atoms with E-state index in [0.29, 0.717) is 5.41 Å². The predicted octanol–water partition coefficient (Wildman–Crippen LogP) is 1.18. The molecule has 154 valence electrons. The summed E-state index contributed by atoms with van der Waals surface area (Å²) in [5.41, 5.74) is 1.80. The van der Waals surface area contributed by atoms with Crippen LogP contribution in [-0.2, 0) is 0 Å². The van der Waals surface area contributed by atoms with Gasteiger partial charge < -0.3 is 10.2 Å². The van der Waals surface area contributed by atoms with Crippen molar-refractivity contribution in [1.29, 1.82) is 0 Å². The maximum atomic E-state index is 12.0. The first-order valence-corrected chi connectivity index (χ1v) is 10.7. The van der Waals surface area contributed by atoms with Crippen LogP contribution >= 0.6 is 0 Å². The topological polar surface area (TPSA) is 73.4 Å². The van der Waals surface area contributed by atoms with Crippen molar-refractivity contribution in [3.63, 3.8) is 0 Å². The third-order valence-corrected chi connectivity index (χ3v) is 7.15. The predicted molar refractivity (Wildman–Crippen MR) is 114 cm³/mol. The van der Waals surface area contributed by atoms with E-state index in [4.69, 9.17) is 0 Å². The molecule has 3 fully saturated rings. The smallest absolute Gasteiger partial charge is 0.332 e. The minimum Gasteiger partial charge on any atom is -0.369 e. The van der Waals surface area contributed by atoms with Gasteiger partial charge in [-0.25, -0.2) is 4.79 Å². The first kappa shape index (κ1) is 18.6. The molecule has 3 aliphatic rings. The van der Waals surface area contributed by atoms with Gasteiger partial charge in [-0.05, 0) is 68.5 Å². The van der Waals surface area contributed by atoms with Gasteiger partial charge in [-0.2, -0.15) is 0 Å². The van der Waals surface area contributed by atoms with E-state index in [9.17, 15) is 9.59 Å². The van der Waals surface area contributed by atoms with Gasteiger partial charge in [0.1, 0.15) is 0 Å².